The van der Waals surface area contributed by atoms with E-state index in [-0.39, 0.29) is 11.7 Å². The summed E-state index contributed by atoms with van der Waals surface area (Å²) in [5, 5.41) is 10.8. The summed E-state index contributed by atoms with van der Waals surface area (Å²) in [6.07, 6.45) is 1.24. The second-order valence-electron chi connectivity index (χ2n) is 4.68. The first-order valence-corrected chi connectivity index (χ1v) is 6.14. The van der Waals surface area contributed by atoms with Gasteiger partial charge in [-0.05, 0) is 44.0 Å². The van der Waals surface area contributed by atoms with Gasteiger partial charge in [0.2, 0.25) is 0 Å². The molecule has 0 bridgehead atoms. The van der Waals surface area contributed by atoms with Gasteiger partial charge in [0.05, 0.1) is 0 Å². The molecule has 0 amide bonds. The number of rotatable bonds is 3. The van der Waals surface area contributed by atoms with E-state index in [1.165, 1.54) is 0 Å². The number of benzene rings is 1. The van der Waals surface area contributed by atoms with Crippen molar-refractivity contribution in [2.75, 3.05) is 18.0 Å². The molecule has 1 fully saturated rings. The standard InChI is InChI=1S/C14H17NO3/c1-10(16)11-2-4-13(5-3-11)15-8-6-12(7-9-15)14(17)18/h2-5,12H,6-9H2,1H3,(H,17,18)/p-1. The van der Waals surface area contributed by atoms with Crippen molar-refractivity contribution < 1.29 is 14.7 Å². The molecule has 96 valence electrons. The van der Waals surface area contributed by atoms with Gasteiger partial charge in [-0.1, -0.05) is 0 Å². The lowest BCUT2D eigenvalue weighted by atomic mass is 9.96. The van der Waals surface area contributed by atoms with E-state index < -0.39 is 5.97 Å². The van der Waals surface area contributed by atoms with Gasteiger partial charge < -0.3 is 14.8 Å². The molecule has 0 unspecified atom stereocenters. The average molecular weight is 246 g/mol. The fourth-order valence-electron chi connectivity index (χ4n) is 2.28. The first kappa shape index (κ1) is 12.6. The molecule has 0 saturated carbocycles. The number of carbonyl (C=O) groups is 2. The van der Waals surface area contributed by atoms with Crippen molar-refractivity contribution >= 4 is 17.4 Å². The number of hydrogen-bond acceptors (Lipinski definition) is 4. The number of carbonyl (C=O) groups excluding carboxylic acids is 2. The van der Waals surface area contributed by atoms with Crippen LogP contribution in [0.5, 0.6) is 0 Å². The van der Waals surface area contributed by atoms with Crippen molar-refractivity contribution in [1.82, 2.24) is 0 Å². The Labute approximate surface area is 106 Å². The summed E-state index contributed by atoms with van der Waals surface area (Å²) in [7, 11) is 0. The van der Waals surface area contributed by atoms with Crippen LogP contribution in [-0.2, 0) is 4.79 Å². The zero-order valence-electron chi connectivity index (χ0n) is 10.4. The van der Waals surface area contributed by atoms with Crippen LogP contribution in [-0.4, -0.2) is 24.8 Å². The minimum absolute atomic E-state index is 0.0530. The van der Waals surface area contributed by atoms with Crippen LogP contribution in [0.3, 0.4) is 0 Å². The van der Waals surface area contributed by atoms with Crippen LogP contribution in [0, 0.1) is 5.92 Å². The van der Waals surface area contributed by atoms with Gasteiger partial charge in [-0.2, -0.15) is 0 Å². The Kier molecular flexibility index (Phi) is 3.65. The summed E-state index contributed by atoms with van der Waals surface area (Å²) in [6, 6.07) is 7.44. The van der Waals surface area contributed by atoms with Crippen LogP contribution in [0.4, 0.5) is 5.69 Å². The average Bonchev–Trinajstić information content (AvgIpc) is 2.39. The fraction of sp³-hybridized carbons (Fsp3) is 0.429. The van der Waals surface area contributed by atoms with Crippen molar-refractivity contribution in [3.63, 3.8) is 0 Å². The van der Waals surface area contributed by atoms with Crippen LogP contribution in [0.15, 0.2) is 24.3 Å². The number of ketones is 1. The summed E-state index contributed by atoms with van der Waals surface area (Å²) in [6.45, 7) is 2.98. The zero-order valence-corrected chi connectivity index (χ0v) is 10.4. The first-order chi connectivity index (χ1) is 8.58. The van der Waals surface area contributed by atoms with Gasteiger partial charge in [-0.3, -0.25) is 4.79 Å². The third-order valence-electron chi connectivity index (χ3n) is 3.47. The van der Waals surface area contributed by atoms with Gasteiger partial charge in [0.25, 0.3) is 0 Å². The van der Waals surface area contributed by atoms with E-state index >= 15 is 0 Å². The molecule has 1 aliphatic heterocycles. The highest BCUT2D eigenvalue weighted by Crippen LogP contribution is 2.23. The molecule has 4 nitrogen and oxygen atoms in total. The van der Waals surface area contributed by atoms with E-state index in [9.17, 15) is 14.7 Å². The quantitative estimate of drug-likeness (QED) is 0.742. The Morgan fingerprint density at radius 2 is 1.72 bits per heavy atom. The lowest BCUT2D eigenvalue weighted by Crippen LogP contribution is -2.41. The van der Waals surface area contributed by atoms with E-state index in [0.29, 0.717) is 18.4 Å². The molecule has 1 heterocycles. The summed E-state index contributed by atoms with van der Waals surface area (Å²) >= 11 is 0. The number of aliphatic carboxylic acids is 1. The third kappa shape index (κ3) is 2.70. The molecular weight excluding hydrogens is 230 g/mol. The lowest BCUT2D eigenvalue weighted by Gasteiger charge is -2.34. The Bertz CT molecular complexity index is 445. The largest absolute Gasteiger partial charge is 0.550 e. The van der Waals surface area contributed by atoms with Crippen molar-refractivity contribution in [3.05, 3.63) is 29.8 Å². The van der Waals surface area contributed by atoms with Crippen molar-refractivity contribution in [1.29, 1.82) is 0 Å². The maximum Gasteiger partial charge on any atom is 0.159 e. The number of anilines is 1. The van der Waals surface area contributed by atoms with Crippen molar-refractivity contribution in [3.8, 4) is 0 Å². The minimum atomic E-state index is -0.943. The topological polar surface area (TPSA) is 60.4 Å². The molecule has 0 spiro atoms. The number of carboxylic acids is 1. The van der Waals surface area contributed by atoms with E-state index in [0.717, 1.165) is 18.8 Å². The molecule has 0 aromatic heterocycles. The molecule has 1 aromatic rings. The van der Waals surface area contributed by atoms with Crippen LogP contribution in [0.2, 0.25) is 0 Å². The Morgan fingerprint density at radius 1 is 1.17 bits per heavy atom. The van der Waals surface area contributed by atoms with Gasteiger partial charge in [0.1, 0.15) is 0 Å². The Balaban J connectivity index is 2.01. The molecule has 0 N–H and O–H groups in total. The normalized spacial score (nSPS) is 16.6. The Morgan fingerprint density at radius 3 is 2.17 bits per heavy atom. The molecular formula is C14H16NO3-. The Hall–Kier alpha value is -1.84. The van der Waals surface area contributed by atoms with Gasteiger partial charge in [0, 0.05) is 36.2 Å². The second kappa shape index (κ2) is 5.21. The van der Waals surface area contributed by atoms with Crippen LogP contribution in [0.25, 0.3) is 0 Å². The zero-order chi connectivity index (χ0) is 13.1. The highest BCUT2D eigenvalue weighted by molar-refractivity contribution is 5.94. The van der Waals surface area contributed by atoms with Crippen LogP contribution < -0.4 is 10.0 Å². The number of piperidine rings is 1. The highest BCUT2D eigenvalue weighted by atomic mass is 16.4. The molecule has 1 saturated heterocycles. The van der Waals surface area contributed by atoms with Crippen LogP contribution in [0.1, 0.15) is 30.1 Å². The van der Waals surface area contributed by atoms with Gasteiger partial charge in [-0.25, -0.2) is 0 Å². The van der Waals surface area contributed by atoms with Crippen molar-refractivity contribution in [2.24, 2.45) is 5.92 Å². The fourth-order valence-corrected chi connectivity index (χ4v) is 2.28. The monoisotopic (exact) mass is 246 g/mol. The first-order valence-electron chi connectivity index (χ1n) is 6.14. The van der Waals surface area contributed by atoms with Gasteiger partial charge in [0.15, 0.2) is 5.78 Å². The highest BCUT2D eigenvalue weighted by Gasteiger charge is 2.20. The van der Waals surface area contributed by atoms with E-state index in [2.05, 4.69) is 4.90 Å². The predicted molar refractivity (Wildman–Crippen MR) is 66.4 cm³/mol. The molecule has 2 rings (SSSR count). The number of carboxylic acid groups (broad SMARTS) is 1. The van der Waals surface area contributed by atoms with E-state index in [1.54, 1.807) is 6.92 Å². The predicted octanol–water partition coefficient (Wildman–Crippen LogP) is 0.855. The number of Topliss-reactive ketones (excluding diaryl/α,β-unsaturated/α-hetero) is 1. The second-order valence-corrected chi connectivity index (χ2v) is 4.68. The number of hydrogen-bond donors (Lipinski definition) is 0. The summed E-state index contributed by atoms with van der Waals surface area (Å²) in [5.74, 6) is -1.21. The summed E-state index contributed by atoms with van der Waals surface area (Å²) in [5.41, 5.74) is 1.74. The third-order valence-corrected chi connectivity index (χ3v) is 3.47. The molecule has 18 heavy (non-hydrogen) atoms. The van der Waals surface area contributed by atoms with Gasteiger partial charge >= 0.3 is 0 Å². The summed E-state index contributed by atoms with van der Waals surface area (Å²) < 4.78 is 0. The summed E-state index contributed by atoms with van der Waals surface area (Å²) in [4.78, 5) is 24.1. The minimum Gasteiger partial charge on any atom is -0.550 e. The molecule has 0 radical (unpaired) electrons. The van der Waals surface area contributed by atoms with E-state index in [4.69, 9.17) is 0 Å². The smallest absolute Gasteiger partial charge is 0.159 e. The van der Waals surface area contributed by atoms with E-state index in [1.807, 2.05) is 24.3 Å². The van der Waals surface area contributed by atoms with Crippen molar-refractivity contribution in [2.45, 2.75) is 19.8 Å². The SMILES string of the molecule is CC(=O)c1ccc(N2CCC(C(=O)[O-])CC2)cc1. The molecule has 0 atom stereocenters. The number of nitrogens with zero attached hydrogens (tertiary/aromatic N) is 1. The molecule has 1 aliphatic rings. The lowest BCUT2D eigenvalue weighted by molar-refractivity contribution is -0.312. The van der Waals surface area contributed by atoms with Gasteiger partial charge in [-0.15, -0.1) is 0 Å². The maximum absolute atomic E-state index is 11.2. The van der Waals surface area contributed by atoms with Crippen LogP contribution >= 0.6 is 0 Å². The molecule has 0 aliphatic carbocycles. The molecule has 4 heteroatoms. The molecule has 1 aromatic carbocycles. The maximum atomic E-state index is 11.2.